The van der Waals surface area contributed by atoms with Crippen LogP contribution in [0, 0.1) is 5.92 Å². The van der Waals surface area contributed by atoms with Crippen molar-refractivity contribution < 1.29 is 8.42 Å². The zero-order valence-electron chi connectivity index (χ0n) is 8.41. The maximum absolute atomic E-state index is 11.5. The summed E-state index contributed by atoms with van der Waals surface area (Å²) in [6, 6.07) is 0. The quantitative estimate of drug-likeness (QED) is 0.759. The summed E-state index contributed by atoms with van der Waals surface area (Å²) >= 11 is 0. The molecule has 0 bridgehead atoms. The Bertz CT molecular complexity index is 248. The second-order valence-electron chi connectivity index (χ2n) is 3.81. The Morgan fingerprint density at radius 2 is 2.08 bits per heavy atom. The summed E-state index contributed by atoms with van der Waals surface area (Å²) in [5.74, 6) is 0.613. The molecule has 1 rings (SSSR count). The summed E-state index contributed by atoms with van der Waals surface area (Å²) in [5.41, 5.74) is 0. The first kappa shape index (κ1) is 11.0. The molecule has 2 unspecified atom stereocenters. The van der Waals surface area contributed by atoms with Crippen LogP contribution in [-0.4, -0.2) is 20.7 Å². The van der Waals surface area contributed by atoms with E-state index in [1.54, 1.807) is 0 Å². The van der Waals surface area contributed by atoms with E-state index in [0.29, 0.717) is 5.92 Å². The van der Waals surface area contributed by atoms with Crippen molar-refractivity contribution >= 4 is 10.0 Å². The van der Waals surface area contributed by atoms with Gasteiger partial charge in [-0.1, -0.05) is 26.2 Å². The smallest absolute Gasteiger partial charge is 0.214 e. The highest BCUT2D eigenvalue weighted by Gasteiger charge is 2.29. The molecular weight excluding hydrogens is 186 g/mol. The molecule has 2 atom stereocenters. The summed E-state index contributed by atoms with van der Waals surface area (Å²) in [4.78, 5) is 0. The Labute approximate surface area is 81.0 Å². The van der Waals surface area contributed by atoms with E-state index in [0.717, 1.165) is 25.7 Å². The van der Waals surface area contributed by atoms with Crippen molar-refractivity contribution in [1.82, 2.24) is 4.72 Å². The van der Waals surface area contributed by atoms with E-state index in [9.17, 15) is 8.42 Å². The number of hydrogen-bond donors (Lipinski definition) is 1. The fraction of sp³-hybridized carbons (Fsp3) is 1.00. The summed E-state index contributed by atoms with van der Waals surface area (Å²) in [6.45, 7) is 2.14. The van der Waals surface area contributed by atoms with Crippen LogP contribution in [0.5, 0.6) is 0 Å². The largest absolute Gasteiger partial charge is 0.218 e. The number of rotatable bonds is 3. The summed E-state index contributed by atoms with van der Waals surface area (Å²) < 4.78 is 25.4. The van der Waals surface area contributed by atoms with Crippen LogP contribution >= 0.6 is 0 Å². The fourth-order valence-electron chi connectivity index (χ4n) is 2.06. The SMILES string of the molecule is CCC1CCCC(S(=O)(=O)NC)C1. The lowest BCUT2D eigenvalue weighted by atomic mass is 9.87. The molecule has 0 aromatic carbocycles. The first-order valence-corrected chi connectivity index (χ1v) is 6.57. The maximum atomic E-state index is 11.5. The standard InChI is InChI=1S/C9H19NO2S/c1-3-8-5-4-6-9(7-8)13(11,12)10-2/h8-10H,3-7H2,1-2H3. The van der Waals surface area contributed by atoms with Crippen LogP contribution < -0.4 is 4.72 Å². The van der Waals surface area contributed by atoms with Crippen molar-refractivity contribution in [1.29, 1.82) is 0 Å². The topological polar surface area (TPSA) is 46.2 Å². The van der Waals surface area contributed by atoms with Crippen LogP contribution in [0.4, 0.5) is 0 Å². The van der Waals surface area contributed by atoms with E-state index < -0.39 is 10.0 Å². The van der Waals surface area contributed by atoms with Crippen molar-refractivity contribution in [2.45, 2.75) is 44.3 Å². The van der Waals surface area contributed by atoms with Crippen molar-refractivity contribution in [3.05, 3.63) is 0 Å². The van der Waals surface area contributed by atoms with Crippen LogP contribution in [-0.2, 0) is 10.0 Å². The van der Waals surface area contributed by atoms with Gasteiger partial charge in [-0.3, -0.25) is 0 Å². The van der Waals surface area contributed by atoms with Crippen LogP contribution in [0.15, 0.2) is 0 Å². The van der Waals surface area contributed by atoms with E-state index in [1.165, 1.54) is 13.5 Å². The highest BCUT2D eigenvalue weighted by atomic mass is 32.2. The fourth-order valence-corrected chi connectivity index (χ4v) is 3.40. The molecule has 1 aliphatic carbocycles. The molecule has 1 N–H and O–H groups in total. The van der Waals surface area contributed by atoms with Crippen LogP contribution in [0.1, 0.15) is 39.0 Å². The monoisotopic (exact) mass is 205 g/mol. The third kappa shape index (κ3) is 2.68. The number of hydrogen-bond acceptors (Lipinski definition) is 2. The van der Waals surface area contributed by atoms with Gasteiger partial charge in [0.1, 0.15) is 0 Å². The van der Waals surface area contributed by atoms with Gasteiger partial charge in [0, 0.05) is 0 Å². The Hall–Kier alpha value is -0.0900. The first-order chi connectivity index (χ1) is 6.10. The molecular formula is C9H19NO2S. The van der Waals surface area contributed by atoms with E-state index in [2.05, 4.69) is 11.6 Å². The minimum Gasteiger partial charge on any atom is -0.218 e. The van der Waals surface area contributed by atoms with Crippen LogP contribution in [0.3, 0.4) is 0 Å². The number of nitrogens with one attached hydrogen (secondary N) is 1. The zero-order valence-corrected chi connectivity index (χ0v) is 9.23. The van der Waals surface area contributed by atoms with Crippen molar-refractivity contribution in [3.63, 3.8) is 0 Å². The third-order valence-corrected chi connectivity index (χ3v) is 4.91. The Morgan fingerprint density at radius 3 is 2.62 bits per heavy atom. The van der Waals surface area contributed by atoms with Gasteiger partial charge in [-0.05, 0) is 25.8 Å². The number of sulfonamides is 1. The van der Waals surface area contributed by atoms with E-state index >= 15 is 0 Å². The van der Waals surface area contributed by atoms with Gasteiger partial charge in [-0.25, -0.2) is 13.1 Å². The molecule has 1 saturated carbocycles. The predicted molar refractivity (Wildman–Crippen MR) is 54.0 cm³/mol. The molecule has 3 nitrogen and oxygen atoms in total. The van der Waals surface area contributed by atoms with Crippen molar-refractivity contribution in [3.8, 4) is 0 Å². The lowest BCUT2D eigenvalue weighted by molar-refractivity contribution is 0.347. The average molecular weight is 205 g/mol. The molecule has 1 fully saturated rings. The second kappa shape index (κ2) is 4.42. The highest BCUT2D eigenvalue weighted by Crippen LogP contribution is 2.29. The molecule has 13 heavy (non-hydrogen) atoms. The van der Waals surface area contributed by atoms with E-state index in [1.807, 2.05) is 0 Å². The molecule has 78 valence electrons. The molecule has 0 aliphatic heterocycles. The molecule has 0 spiro atoms. The van der Waals surface area contributed by atoms with E-state index in [-0.39, 0.29) is 5.25 Å². The molecule has 4 heteroatoms. The van der Waals surface area contributed by atoms with Gasteiger partial charge >= 0.3 is 0 Å². The predicted octanol–water partition coefficient (Wildman–Crippen LogP) is 1.50. The Balaban J connectivity index is 2.61. The molecule has 0 heterocycles. The Morgan fingerprint density at radius 1 is 1.38 bits per heavy atom. The van der Waals surface area contributed by atoms with Crippen molar-refractivity contribution in [2.75, 3.05) is 7.05 Å². The molecule has 0 saturated heterocycles. The zero-order chi connectivity index (χ0) is 9.90. The molecule has 0 aromatic rings. The van der Waals surface area contributed by atoms with Crippen LogP contribution in [0.25, 0.3) is 0 Å². The summed E-state index contributed by atoms with van der Waals surface area (Å²) in [6.07, 6.45) is 5.05. The average Bonchev–Trinajstić information content (AvgIpc) is 2.18. The van der Waals surface area contributed by atoms with Gasteiger partial charge in [0.15, 0.2) is 0 Å². The lowest BCUT2D eigenvalue weighted by Gasteiger charge is -2.27. The summed E-state index contributed by atoms with van der Waals surface area (Å²) in [7, 11) is -1.51. The van der Waals surface area contributed by atoms with Gasteiger partial charge in [0.2, 0.25) is 10.0 Å². The van der Waals surface area contributed by atoms with Gasteiger partial charge < -0.3 is 0 Å². The first-order valence-electron chi connectivity index (χ1n) is 5.02. The van der Waals surface area contributed by atoms with E-state index in [4.69, 9.17) is 0 Å². The second-order valence-corrected chi connectivity index (χ2v) is 5.98. The third-order valence-electron chi connectivity index (χ3n) is 3.04. The highest BCUT2D eigenvalue weighted by molar-refractivity contribution is 7.90. The molecule has 0 radical (unpaired) electrons. The minimum absolute atomic E-state index is 0.142. The van der Waals surface area contributed by atoms with Gasteiger partial charge in [0.25, 0.3) is 0 Å². The minimum atomic E-state index is -3.01. The lowest BCUT2D eigenvalue weighted by Crippen LogP contribution is -2.35. The van der Waals surface area contributed by atoms with Gasteiger partial charge in [-0.2, -0.15) is 0 Å². The van der Waals surface area contributed by atoms with Gasteiger partial charge in [-0.15, -0.1) is 0 Å². The van der Waals surface area contributed by atoms with Crippen LogP contribution in [0.2, 0.25) is 0 Å². The van der Waals surface area contributed by atoms with Gasteiger partial charge in [0.05, 0.1) is 5.25 Å². The normalized spacial score (nSPS) is 30.3. The molecule has 1 aliphatic rings. The van der Waals surface area contributed by atoms with Crippen molar-refractivity contribution in [2.24, 2.45) is 5.92 Å². The maximum Gasteiger partial charge on any atom is 0.214 e. The molecule has 0 aromatic heterocycles. The Kier molecular flexibility index (Phi) is 3.74. The molecule has 0 amide bonds. The summed E-state index contributed by atoms with van der Waals surface area (Å²) in [5, 5.41) is -0.142.